The number of phenols is 2. The van der Waals surface area contributed by atoms with Crippen molar-refractivity contribution in [3.63, 3.8) is 0 Å². The van der Waals surface area contributed by atoms with Gasteiger partial charge in [-0.2, -0.15) is 0 Å². The van der Waals surface area contributed by atoms with Crippen LogP contribution in [0.4, 0.5) is 0 Å². The van der Waals surface area contributed by atoms with Gasteiger partial charge in [-0.3, -0.25) is 0 Å². The lowest BCUT2D eigenvalue weighted by molar-refractivity contribution is 0.459. The molecule has 0 aliphatic rings. The Morgan fingerprint density at radius 3 is 2.00 bits per heavy atom. The van der Waals surface area contributed by atoms with Gasteiger partial charge in [-0.05, 0) is 79.8 Å². The smallest absolute Gasteiger partial charge is 0.130 e. The molecule has 0 aliphatic heterocycles. The van der Waals surface area contributed by atoms with Crippen molar-refractivity contribution in [3.8, 4) is 11.5 Å². The predicted molar refractivity (Wildman–Crippen MR) is 123 cm³/mol. The lowest BCUT2D eigenvalue weighted by atomic mass is 9.82. The summed E-state index contributed by atoms with van der Waals surface area (Å²) < 4.78 is 1.68. The first-order chi connectivity index (χ1) is 12.7. The lowest BCUT2D eigenvalue weighted by Gasteiger charge is -2.24. The fraction of sp³-hybridized carbons (Fsp3) is 0.478. The number of phenolic OH excluding ortho intramolecular Hbond substituents is 2. The van der Waals surface area contributed by atoms with E-state index < -0.39 is 0 Å². The summed E-state index contributed by atoms with van der Waals surface area (Å²) in [7, 11) is 0. The van der Waals surface area contributed by atoms with Crippen molar-refractivity contribution in [2.45, 2.75) is 71.6 Å². The first-order valence-electron chi connectivity index (χ1n) is 9.68. The molecule has 0 heterocycles. The second kappa shape index (κ2) is 11.8. The van der Waals surface area contributed by atoms with Gasteiger partial charge in [0, 0.05) is 0 Å². The van der Waals surface area contributed by atoms with Gasteiger partial charge in [0.15, 0.2) is 0 Å². The quantitative estimate of drug-likeness (QED) is 0.377. The van der Waals surface area contributed by atoms with Crippen LogP contribution in [0, 0.1) is 0 Å². The van der Waals surface area contributed by atoms with Crippen LogP contribution in [-0.4, -0.2) is 10.2 Å². The van der Waals surface area contributed by atoms with Crippen LogP contribution in [0.15, 0.2) is 45.3 Å². The fourth-order valence-electron chi connectivity index (χ4n) is 2.73. The Hall–Kier alpha value is -1.00. The number of hydrogen-bond donors (Lipinski definition) is 2. The maximum absolute atomic E-state index is 9.51. The van der Waals surface area contributed by atoms with E-state index in [9.17, 15) is 10.2 Å². The topological polar surface area (TPSA) is 40.5 Å². The second-order valence-electron chi connectivity index (χ2n) is 7.44. The highest BCUT2D eigenvalue weighted by atomic mass is 79.9. The number of aryl methyl sites for hydroxylation is 1. The maximum Gasteiger partial charge on any atom is 0.130 e. The minimum Gasteiger partial charge on any atom is -0.507 e. The molecular formula is C23H32Br2O2. The predicted octanol–water partition coefficient (Wildman–Crippen LogP) is 8.12. The Bertz CT molecular complexity index is 712. The molecule has 0 spiro atoms. The molecule has 4 heteroatoms. The molecule has 2 aromatic carbocycles. The highest BCUT2D eigenvalue weighted by Gasteiger charge is 2.21. The molecule has 0 bridgehead atoms. The van der Waals surface area contributed by atoms with Gasteiger partial charge in [-0.1, -0.05) is 71.2 Å². The molecule has 0 aliphatic carbocycles. The third-order valence-electron chi connectivity index (χ3n) is 4.95. The molecule has 0 unspecified atom stereocenters. The van der Waals surface area contributed by atoms with Crippen molar-refractivity contribution >= 4 is 31.9 Å². The van der Waals surface area contributed by atoms with E-state index in [1.54, 1.807) is 12.1 Å². The minimum atomic E-state index is 0.109. The number of halogens is 2. The van der Waals surface area contributed by atoms with Gasteiger partial charge in [0.1, 0.15) is 11.5 Å². The van der Waals surface area contributed by atoms with Crippen LogP contribution in [0.1, 0.15) is 70.9 Å². The standard InChI is InChI=1S/C12H17BrO.C11H15BrO/c1-2-3-4-5-7-10-8-6-9-11(14)12(10)13;1-4-11(2,3)8-6-5-7-9(13)10(8)12/h6,8-9,14H,2-5,7H2,1H3;5-7,13H,4H2,1-3H3. The summed E-state index contributed by atoms with van der Waals surface area (Å²) in [5.74, 6) is 0.664. The zero-order valence-corrected chi connectivity index (χ0v) is 20.0. The molecule has 0 aromatic heterocycles. The minimum absolute atomic E-state index is 0.109. The second-order valence-corrected chi connectivity index (χ2v) is 9.02. The summed E-state index contributed by atoms with van der Waals surface area (Å²) in [6.45, 7) is 8.71. The van der Waals surface area contributed by atoms with Gasteiger partial charge in [0.05, 0.1) is 8.95 Å². The van der Waals surface area contributed by atoms with E-state index in [0.717, 1.165) is 27.4 Å². The van der Waals surface area contributed by atoms with E-state index in [1.807, 2.05) is 18.2 Å². The summed E-state index contributed by atoms with van der Waals surface area (Å²) in [4.78, 5) is 0. The summed E-state index contributed by atoms with van der Waals surface area (Å²) >= 11 is 6.81. The highest BCUT2D eigenvalue weighted by molar-refractivity contribution is 9.11. The van der Waals surface area contributed by atoms with Crippen LogP contribution in [-0.2, 0) is 11.8 Å². The van der Waals surface area contributed by atoms with Gasteiger partial charge in [-0.15, -0.1) is 0 Å². The average molecular weight is 500 g/mol. The number of rotatable bonds is 7. The molecule has 0 amide bonds. The molecule has 2 rings (SSSR count). The summed E-state index contributed by atoms with van der Waals surface area (Å²) in [5.41, 5.74) is 2.48. The van der Waals surface area contributed by atoms with E-state index >= 15 is 0 Å². The fourth-order valence-corrected chi connectivity index (χ4v) is 4.00. The molecule has 0 radical (unpaired) electrons. The summed E-state index contributed by atoms with van der Waals surface area (Å²) in [5, 5.41) is 19.0. The third-order valence-corrected chi connectivity index (χ3v) is 6.70. The van der Waals surface area contributed by atoms with Gasteiger partial charge in [0.2, 0.25) is 0 Å². The molecule has 2 nitrogen and oxygen atoms in total. The normalized spacial score (nSPS) is 11.0. The largest absolute Gasteiger partial charge is 0.507 e. The number of benzene rings is 2. The van der Waals surface area contributed by atoms with Crippen molar-refractivity contribution in [2.24, 2.45) is 0 Å². The van der Waals surface area contributed by atoms with Gasteiger partial charge >= 0.3 is 0 Å². The van der Waals surface area contributed by atoms with Crippen LogP contribution in [0.3, 0.4) is 0 Å². The number of hydrogen-bond acceptors (Lipinski definition) is 2. The highest BCUT2D eigenvalue weighted by Crippen LogP contribution is 2.37. The molecule has 2 aromatic rings. The van der Waals surface area contributed by atoms with Crippen LogP contribution in [0.2, 0.25) is 0 Å². The number of unbranched alkanes of at least 4 members (excludes halogenated alkanes) is 3. The van der Waals surface area contributed by atoms with Crippen molar-refractivity contribution < 1.29 is 10.2 Å². The Kier molecular flexibility index (Phi) is 10.5. The van der Waals surface area contributed by atoms with Crippen LogP contribution < -0.4 is 0 Å². The molecule has 0 atom stereocenters. The molecule has 0 saturated heterocycles. The van der Waals surface area contributed by atoms with Gasteiger partial charge in [0.25, 0.3) is 0 Å². The zero-order valence-electron chi connectivity index (χ0n) is 16.9. The average Bonchev–Trinajstić information content (AvgIpc) is 2.65. The Labute approximate surface area is 181 Å². The van der Waals surface area contributed by atoms with E-state index in [1.165, 1.54) is 31.2 Å². The monoisotopic (exact) mass is 498 g/mol. The SMILES string of the molecule is CCC(C)(C)c1cccc(O)c1Br.CCCCCCc1cccc(O)c1Br. The van der Waals surface area contributed by atoms with Gasteiger partial charge in [-0.25, -0.2) is 0 Å². The lowest BCUT2D eigenvalue weighted by Crippen LogP contribution is -2.15. The summed E-state index contributed by atoms with van der Waals surface area (Å²) in [6, 6.07) is 11.3. The van der Waals surface area contributed by atoms with Crippen LogP contribution in [0.5, 0.6) is 11.5 Å². The van der Waals surface area contributed by atoms with E-state index in [4.69, 9.17) is 0 Å². The Balaban J connectivity index is 0.000000271. The number of aromatic hydroxyl groups is 2. The van der Waals surface area contributed by atoms with Crippen molar-refractivity contribution in [1.82, 2.24) is 0 Å². The first kappa shape index (κ1) is 24.0. The molecule has 0 saturated carbocycles. The van der Waals surface area contributed by atoms with E-state index in [-0.39, 0.29) is 5.41 Å². The van der Waals surface area contributed by atoms with Crippen LogP contribution >= 0.6 is 31.9 Å². The molecule has 27 heavy (non-hydrogen) atoms. The molecule has 2 N–H and O–H groups in total. The Morgan fingerprint density at radius 1 is 0.815 bits per heavy atom. The van der Waals surface area contributed by atoms with Gasteiger partial charge < -0.3 is 10.2 Å². The summed E-state index contributed by atoms with van der Waals surface area (Å²) in [6.07, 6.45) is 7.15. The van der Waals surface area contributed by atoms with Crippen LogP contribution in [0.25, 0.3) is 0 Å². The van der Waals surface area contributed by atoms with Crippen molar-refractivity contribution in [1.29, 1.82) is 0 Å². The Morgan fingerprint density at radius 2 is 1.41 bits per heavy atom. The maximum atomic E-state index is 9.51. The van der Waals surface area contributed by atoms with Crippen molar-refractivity contribution in [3.05, 3.63) is 56.5 Å². The van der Waals surface area contributed by atoms with Crippen molar-refractivity contribution in [2.75, 3.05) is 0 Å². The van der Waals surface area contributed by atoms with E-state index in [2.05, 4.69) is 65.6 Å². The molecule has 0 fully saturated rings. The zero-order chi connectivity index (χ0) is 20.4. The third kappa shape index (κ3) is 7.50. The van der Waals surface area contributed by atoms with E-state index in [0.29, 0.717) is 11.5 Å². The first-order valence-corrected chi connectivity index (χ1v) is 11.3. The molecule has 150 valence electrons. The molecular weight excluding hydrogens is 468 g/mol.